The number of amides is 1. The monoisotopic (exact) mass is 243 g/mol. The van der Waals surface area contributed by atoms with Gasteiger partial charge in [0, 0.05) is 39.6 Å². The lowest BCUT2D eigenvalue weighted by Crippen LogP contribution is -2.47. The number of hydrogen-bond donors (Lipinski definition) is 2. The van der Waals surface area contributed by atoms with E-state index < -0.39 is 12.0 Å². The van der Waals surface area contributed by atoms with E-state index in [1.54, 1.807) is 0 Å². The highest BCUT2D eigenvalue weighted by molar-refractivity contribution is 5.81. The topological polar surface area (TPSA) is 72.9 Å². The molecule has 0 aromatic carbocycles. The second-order valence-electron chi connectivity index (χ2n) is 4.52. The summed E-state index contributed by atoms with van der Waals surface area (Å²) in [5, 5.41) is 11.4. The van der Waals surface area contributed by atoms with Gasteiger partial charge in [-0.3, -0.25) is 4.79 Å². The van der Waals surface area contributed by atoms with Crippen LogP contribution in [0.5, 0.6) is 0 Å². The first-order valence-electron chi connectivity index (χ1n) is 5.90. The van der Waals surface area contributed by atoms with Crippen molar-refractivity contribution in [2.45, 2.75) is 19.4 Å². The van der Waals surface area contributed by atoms with Gasteiger partial charge in [0.25, 0.3) is 0 Å². The number of carboxylic acids is 1. The molecule has 0 aromatic rings. The SMILES string of the molecule is CC(=O)NC(CCN1CCN(C)CC1)C(=O)O. The van der Waals surface area contributed by atoms with Gasteiger partial charge in [-0.25, -0.2) is 4.79 Å². The average molecular weight is 243 g/mol. The number of carbonyl (C=O) groups is 2. The molecule has 1 atom stereocenters. The Bertz CT molecular complexity index is 275. The molecule has 1 fully saturated rings. The maximum absolute atomic E-state index is 10.9. The summed E-state index contributed by atoms with van der Waals surface area (Å²) in [5.41, 5.74) is 0. The molecule has 1 rings (SSSR count). The molecule has 1 saturated heterocycles. The normalized spacial score (nSPS) is 19.9. The molecule has 1 amide bonds. The molecule has 17 heavy (non-hydrogen) atoms. The number of hydrogen-bond acceptors (Lipinski definition) is 4. The minimum Gasteiger partial charge on any atom is -0.480 e. The second-order valence-corrected chi connectivity index (χ2v) is 4.52. The van der Waals surface area contributed by atoms with Gasteiger partial charge in [-0.15, -0.1) is 0 Å². The summed E-state index contributed by atoms with van der Waals surface area (Å²) < 4.78 is 0. The number of carbonyl (C=O) groups excluding carboxylic acids is 1. The molecule has 1 aliphatic rings. The van der Waals surface area contributed by atoms with E-state index in [0.29, 0.717) is 13.0 Å². The zero-order valence-corrected chi connectivity index (χ0v) is 10.5. The maximum Gasteiger partial charge on any atom is 0.326 e. The fourth-order valence-corrected chi connectivity index (χ4v) is 1.89. The molecule has 0 saturated carbocycles. The quantitative estimate of drug-likeness (QED) is 0.662. The Hall–Kier alpha value is -1.14. The van der Waals surface area contributed by atoms with E-state index in [1.165, 1.54) is 6.92 Å². The molecule has 0 radical (unpaired) electrons. The van der Waals surface area contributed by atoms with Crippen molar-refractivity contribution in [3.8, 4) is 0 Å². The first-order chi connectivity index (χ1) is 7.99. The number of nitrogens with one attached hydrogen (secondary N) is 1. The summed E-state index contributed by atoms with van der Waals surface area (Å²) in [7, 11) is 2.08. The maximum atomic E-state index is 10.9. The summed E-state index contributed by atoms with van der Waals surface area (Å²) in [4.78, 5) is 26.3. The number of rotatable bonds is 5. The predicted molar refractivity (Wildman–Crippen MR) is 63.8 cm³/mol. The number of likely N-dealkylation sites (N-methyl/N-ethyl adjacent to an activating group) is 1. The minimum atomic E-state index is -0.964. The van der Waals surface area contributed by atoms with Crippen LogP contribution in [-0.4, -0.2) is 72.6 Å². The highest BCUT2D eigenvalue weighted by atomic mass is 16.4. The van der Waals surface area contributed by atoms with Crippen LogP contribution >= 0.6 is 0 Å². The van der Waals surface area contributed by atoms with E-state index in [1.807, 2.05) is 0 Å². The van der Waals surface area contributed by atoms with Crippen molar-refractivity contribution in [2.24, 2.45) is 0 Å². The Labute approximate surface area is 102 Å². The van der Waals surface area contributed by atoms with Gasteiger partial charge in [-0.1, -0.05) is 0 Å². The van der Waals surface area contributed by atoms with E-state index in [-0.39, 0.29) is 5.91 Å². The molecule has 6 nitrogen and oxygen atoms in total. The largest absolute Gasteiger partial charge is 0.480 e. The van der Waals surface area contributed by atoms with Crippen molar-refractivity contribution >= 4 is 11.9 Å². The zero-order chi connectivity index (χ0) is 12.8. The summed E-state index contributed by atoms with van der Waals surface area (Å²) in [6.45, 7) is 6.00. The van der Waals surface area contributed by atoms with Crippen molar-refractivity contribution < 1.29 is 14.7 Å². The number of carboxylic acid groups (broad SMARTS) is 1. The Morgan fingerprint density at radius 2 is 1.88 bits per heavy atom. The van der Waals surface area contributed by atoms with E-state index in [2.05, 4.69) is 22.2 Å². The smallest absolute Gasteiger partial charge is 0.326 e. The molecule has 1 aliphatic heterocycles. The van der Waals surface area contributed by atoms with Gasteiger partial charge in [0.1, 0.15) is 6.04 Å². The van der Waals surface area contributed by atoms with E-state index >= 15 is 0 Å². The molecular formula is C11H21N3O3. The standard InChI is InChI=1S/C11H21N3O3/c1-9(15)12-10(11(16)17)3-4-14-7-5-13(2)6-8-14/h10H,3-8H2,1-2H3,(H,12,15)(H,16,17). The fourth-order valence-electron chi connectivity index (χ4n) is 1.89. The predicted octanol–water partition coefficient (Wildman–Crippen LogP) is -0.787. The van der Waals surface area contributed by atoms with Gasteiger partial charge in [-0.05, 0) is 13.5 Å². The van der Waals surface area contributed by atoms with Gasteiger partial charge in [0.15, 0.2) is 0 Å². The van der Waals surface area contributed by atoms with Crippen molar-refractivity contribution in [2.75, 3.05) is 39.8 Å². The van der Waals surface area contributed by atoms with Crippen LogP contribution in [0.1, 0.15) is 13.3 Å². The van der Waals surface area contributed by atoms with Crippen LogP contribution in [-0.2, 0) is 9.59 Å². The molecule has 1 heterocycles. The molecule has 98 valence electrons. The first-order valence-corrected chi connectivity index (χ1v) is 5.90. The number of aliphatic carboxylic acids is 1. The van der Waals surface area contributed by atoms with E-state index in [4.69, 9.17) is 5.11 Å². The molecule has 0 bridgehead atoms. The summed E-state index contributed by atoms with van der Waals surface area (Å²) in [6.07, 6.45) is 0.457. The van der Waals surface area contributed by atoms with Crippen LogP contribution in [0.3, 0.4) is 0 Å². The van der Waals surface area contributed by atoms with Gasteiger partial charge in [0.2, 0.25) is 5.91 Å². The second kappa shape index (κ2) is 6.56. The Morgan fingerprint density at radius 3 is 2.35 bits per heavy atom. The summed E-state index contributed by atoms with van der Waals surface area (Å²) in [6, 6.07) is -0.771. The highest BCUT2D eigenvalue weighted by Gasteiger charge is 2.20. The molecule has 0 aromatic heterocycles. The van der Waals surface area contributed by atoms with Crippen LogP contribution in [0.25, 0.3) is 0 Å². The van der Waals surface area contributed by atoms with Crippen LogP contribution < -0.4 is 5.32 Å². The molecule has 1 unspecified atom stereocenters. The Morgan fingerprint density at radius 1 is 1.29 bits per heavy atom. The summed E-state index contributed by atoms with van der Waals surface area (Å²) >= 11 is 0. The number of nitrogens with zero attached hydrogens (tertiary/aromatic N) is 2. The van der Waals surface area contributed by atoms with Crippen molar-refractivity contribution in [3.63, 3.8) is 0 Å². The van der Waals surface area contributed by atoms with Crippen LogP contribution in [0.15, 0.2) is 0 Å². The third kappa shape index (κ3) is 5.14. The Kier molecular flexibility index (Phi) is 5.37. The average Bonchev–Trinajstić information content (AvgIpc) is 2.25. The van der Waals surface area contributed by atoms with Crippen molar-refractivity contribution in [1.82, 2.24) is 15.1 Å². The highest BCUT2D eigenvalue weighted by Crippen LogP contribution is 2.02. The molecule has 2 N–H and O–H groups in total. The van der Waals surface area contributed by atoms with Crippen LogP contribution in [0.2, 0.25) is 0 Å². The molecular weight excluding hydrogens is 222 g/mol. The summed E-state index contributed by atoms with van der Waals surface area (Å²) in [5.74, 6) is -1.26. The molecule has 0 spiro atoms. The lowest BCUT2D eigenvalue weighted by molar-refractivity contribution is -0.141. The number of piperazine rings is 1. The zero-order valence-electron chi connectivity index (χ0n) is 10.5. The lowest BCUT2D eigenvalue weighted by Gasteiger charge is -2.32. The lowest BCUT2D eigenvalue weighted by atomic mass is 10.2. The first kappa shape index (κ1) is 13.9. The molecule has 0 aliphatic carbocycles. The van der Waals surface area contributed by atoms with Crippen LogP contribution in [0, 0.1) is 0 Å². The van der Waals surface area contributed by atoms with Gasteiger partial charge in [0.05, 0.1) is 0 Å². The van der Waals surface area contributed by atoms with E-state index in [9.17, 15) is 9.59 Å². The van der Waals surface area contributed by atoms with Gasteiger partial charge in [-0.2, -0.15) is 0 Å². The fraction of sp³-hybridized carbons (Fsp3) is 0.818. The Balaban J connectivity index is 2.31. The van der Waals surface area contributed by atoms with E-state index in [0.717, 1.165) is 26.2 Å². The van der Waals surface area contributed by atoms with Crippen LogP contribution in [0.4, 0.5) is 0 Å². The van der Waals surface area contributed by atoms with Crippen molar-refractivity contribution in [1.29, 1.82) is 0 Å². The third-order valence-electron chi connectivity index (χ3n) is 3.01. The van der Waals surface area contributed by atoms with Gasteiger partial charge >= 0.3 is 5.97 Å². The van der Waals surface area contributed by atoms with Gasteiger partial charge < -0.3 is 20.2 Å². The molecule has 6 heteroatoms. The van der Waals surface area contributed by atoms with Crippen molar-refractivity contribution in [3.05, 3.63) is 0 Å². The third-order valence-corrected chi connectivity index (χ3v) is 3.01. The minimum absolute atomic E-state index is 0.296.